The first-order valence-electron chi connectivity index (χ1n) is 8.68. The number of aromatic nitrogens is 1. The van der Waals surface area contributed by atoms with E-state index in [4.69, 9.17) is 9.47 Å². The van der Waals surface area contributed by atoms with E-state index in [1.165, 1.54) is 0 Å². The van der Waals surface area contributed by atoms with Gasteiger partial charge in [-0.3, -0.25) is 14.9 Å². The molecule has 8 nitrogen and oxygen atoms in total. The third-order valence-corrected chi connectivity index (χ3v) is 5.35. The van der Waals surface area contributed by atoms with Crippen LogP contribution in [0, 0.1) is 0 Å². The number of ether oxygens (including phenoxy) is 2. The van der Waals surface area contributed by atoms with Gasteiger partial charge < -0.3 is 9.47 Å². The lowest BCUT2D eigenvalue weighted by Crippen LogP contribution is -2.27. The maximum absolute atomic E-state index is 11.7. The Morgan fingerprint density at radius 1 is 1.14 bits per heavy atom. The van der Waals surface area contributed by atoms with E-state index in [1.54, 1.807) is 13.2 Å². The number of rotatable bonds is 6. The van der Waals surface area contributed by atoms with Gasteiger partial charge in [-0.2, -0.15) is 4.98 Å². The molecular formula is C19H18N4O4S. The topological polar surface area (TPSA) is 102 Å². The molecule has 144 valence electrons. The Bertz CT molecular complexity index is 1060. The minimum Gasteiger partial charge on any atom is -0.489 e. The number of nitrogens with zero attached hydrogens (tertiary/aromatic N) is 3. The maximum atomic E-state index is 11.7. The lowest BCUT2D eigenvalue weighted by atomic mass is 10.1. The smallest absolute Gasteiger partial charge is 0.286 e. The van der Waals surface area contributed by atoms with Crippen molar-refractivity contribution in [1.82, 2.24) is 10.3 Å². The Hall–Kier alpha value is -2.94. The molecule has 4 rings (SSSR count). The third-order valence-electron chi connectivity index (χ3n) is 4.37. The van der Waals surface area contributed by atoms with Gasteiger partial charge in [0.05, 0.1) is 12.4 Å². The van der Waals surface area contributed by atoms with E-state index in [9.17, 15) is 9.59 Å². The monoisotopic (exact) mass is 398 g/mol. The van der Waals surface area contributed by atoms with Crippen LogP contribution in [-0.4, -0.2) is 40.8 Å². The van der Waals surface area contributed by atoms with E-state index >= 15 is 0 Å². The average molecular weight is 398 g/mol. The standard InChI is InChI=1S/C19H18N4O4S/c1-19(22-13-7-8-15(26-2)20-16(13)23-19)10-27-12-5-3-11(4-6-12)9-14-17(24)21-18(25)28-14/h3-8,14H,9-10H2,1-2H3,(H,21,24,25). The Morgan fingerprint density at radius 3 is 2.61 bits per heavy atom. The van der Waals surface area contributed by atoms with Gasteiger partial charge in [-0.1, -0.05) is 23.9 Å². The van der Waals surface area contributed by atoms with Crippen molar-refractivity contribution in [3.63, 3.8) is 0 Å². The van der Waals surface area contributed by atoms with E-state index in [0.717, 1.165) is 17.3 Å². The van der Waals surface area contributed by atoms with E-state index < -0.39 is 5.66 Å². The summed E-state index contributed by atoms with van der Waals surface area (Å²) in [5.41, 5.74) is 0.752. The minimum atomic E-state index is -0.751. The fraction of sp³-hybridized carbons (Fsp3) is 0.316. The Balaban J connectivity index is 1.39. The van der Waals surface area contributed by atoms with Gasteiger partial charge in [0.25, 0.3) is 5.24 Å². The number of thioether (sulfide) groups is 1. The van der Waals surface area contributed by atoms with Crippen molar-refractivity contribution in [3.8, 4) is 11.6 Å². The van der Waals surface area contributed by atoms with E-state index in [1.807, 2.05) is 37.3 Å². The molecule has 1 aromatic heterocycles. The number of fused-ring (bicyclic) bond motifs is 1. The highest BCUT2D eigenvalue weighted by molar-refractivity contribution is 8.15. The lowest BCUT2D eigenvalue weighted by Gasteiger charge is -2.18. The number of hydrogen-bond donors (Lipinski definition) is 1. The van der Waals surface area contributed by atoms with Gasteiger partial charge in [-0.25, -0.2) is 9.98 Å². The van der Waals surface area contributed by atoms with Crippen LogP contribution in [0.15, 0.2) is 46.4 Å². The van der Waals surface area contributed by atoms with Crippen molar-refractivity contribution in [1.29, 1.82) is 0 Å². The zero-order valence-electron chi connectivity index (χ0n) is 15.3. The summed E-state index contributed by atoms with van der Waals surface area (Å²) in [5.74, 6) is 0.934. The van der Waals surface area contributed by atoms with Gasteiger partial charge in [0.15, 0.2) is 11.2 Å². The minimum absolute atomic E-state index is 0.238. The molecule has 2 atom stereocenters. The number of benzene rings is 1. The quantitative estimate of drug-likeness (QED) is 0.780. The first-order valence-corrected chi connectivity index (χ1v) is 9.56. The SMILES string of the molecule is COc1ccc2c(n1)=NC(C)(COc1ccc(CC3SC(=O)NC3=O)cc1)N=2. The molecule has 0 aliphatic carbocycles. The number of amides is 2. The molecule has 0 saturated carbocycles. The highest BCUT2D eigenvalue weighted by atomic mass is 32.2. The van der Waals surface area contributed by atoms with E-state index in [0.29, 0.717) is 28.9 Å². The summed E-state index contributed by atoms with van der Waals surface area (Å²) < 4.78 is 11.0. The van der Waals surface area contributed by atoms with Crippen LogP contribution in [0.1, 0.15) is 12.5 Å². The predicted molar refractivity (Wildman–Crippen MR) is 102 cm³/mol. The fourth-order valence-corrected chi connectivity index (χ4v) is 3.83. The molecule has 2 aliphatic heterocycles. The van der Waals surface area contributed by atoms with Crippen molar-refractivity contribution in [2.24, 2.45) is 9.98 Å². The average Bonchev–Trinajstić information content (AvgIpc) is 3.18. The van der Waals surface area contributed by atoms with Gasteiger partial charge in [0.2, 0.25) is 11.8 Å². The second-order valence-electron chi connectivity index (χ2n) is 6.66. The molecule has 0 radical (unpaired) electrons. The van der Waals surface area contributed by atoms with Crippen LogP contribution in [-0.2, 0) is 11.2 Å². The molecule has 1 fully saturated rings. The summed E-state index contributed by atoms with van der Waals surface area (Å²) in [5, 5.41) is 2.34. The van der Waals surface area contributed by atoms with Crippen molar-refractivity contribution in [2.75, 3.05) is 13.7 Å². The lowest BCUT2D eigenvalue weighted by molar-refractivity contribution is -0.118. The molecule has 2 aromatic rings. The highest BCUT2D eigenvalue weighted by Gasteiger charge is 2.31. The van der Waals surface area contributed by atoms with Gasteiger partial charge in [-0.05, 0) is 37.1 Å². The number of carbonyl (C=O) groups excluding carboxylic acids is 2. The van der Waals surface area contributed by atoms with Crippen LogP contribution in [0.2, 0.25) is 0 Å². The number of hydrogen-bond acceptors (Lipinski definition) is 8. The summed E-state index contributed by atoms with van der Waals surface area (Å²) in [4.78, 5) is 36.3. The first-order chi connectivity index (χ1) is 13.4. The number of carbonyl (C=O) groups is 2. The molecule has 2 unspecified atom stereocenters. The number of imide groups is 1. The molecule has 0 bridgehead atoms. The Labute approximate surface area is 165 Å². The van der Waals surface area contributed by atoms with Crippen LogP contribution < -0.4 is 25.6 Å². The van der Waals surface area contributed by atoms with Gasteiger partial charge in [0.1, 0.15) is 17.7 Å². The summed E-state index contributed by atoms with van der Waals surface area (Å²) in [7, 11) is 1.56. The normalized spacial score (nSPS) is 22.9. The summed E-state index contributed by atoms with van der Waals surface area (Å²) in [6, 6.07) is 11.0. The second-order valence-corrected chi connectivity index (χ2v) is 7.83. The van der Waals surface area contributed by atoms with Crippen LogP contribution in [0.4, 0.5) is 4.79 Å². The van der Waals surface area contributed by atoms with E-state index in [2.05, 4.69) is 20.3 Å². The van der Waals surface area contributed by atoms with Crippen molar-refractivity contribution in [2.45, 2.75) is 24.3 Å². The molecule has 2 aliphatic rings. The predicted octanol–water partition coefficient (Wildman–Crippen LogP) is 1.03. The Kier molecular flexibility index (Phi) is 4.76. The van der Waals surface area contributed by atoms with Crippen LogP contribution in [0.3, 0.4) is 0 Å². The molecule has 2 amide bonds. The highest BCUT2D eigenvalue weighted by Crippen LogP contribution is 2.24. The van der Waals surface area contributed by atoms with Gasteiger partial charge in [-0.15, -0.1) is 0 Å². The van der Waals surface area contributed by atoms with Gasteiger partial charge in [0, 0.05) is 6.07 Å². The zero-order valence-corrected chi connectivity index (χ0v) is 16.2. The Morgan fingerprint density at radius 2 is 1.93 bits per heavy atom. The van der Waals surface area contributed by atoms with Crippen LogP contribution in [0.5, 0.6) is 11.6 Å². The van der Waals surface area contributed by atoms with Crippen molar-refractivity contribution >= 4 is 22.9 Å². The summed E-state index contributed by atoms with van der Waals surface area (Å²) in [6.45, 7) is 2.14. The summed E-state index contributed by atoms with van der Waals surface area (Å²) >= 11 is 1.03. The van der Waals surface area contributed by atoms with Crippen molar-refractivity contribution < 1.29 is 19.1 Å². The zero-order chi connectivity index (χ0) is 19.7. The summed E-state index contributed by atoms with van der Waals surface area (Å²) in [6.07, 6.45) is 0.494. The molecule has 28 heavy (non-hydrogen) atoms. The first kappa shape index (κ1) is 18.4. The van der Waals surface area contributed by atoms with E-state index in [-0.39, 0.29) is 23.0 Å². The molecular weight excluding hydrogens is 380 g/mol. The second kappa shape index (κ2) is 7.23. The van der Waals surface area contributed by atoms with Crippen LogP contribution >= 0.6 is 11.8 Å². The van der Waals surface area contributed by atoms with Gasteiger partial charge >= 0.3 is 0 Å². The molecule has 3 heterocycles. The molecule has 0 spiro atoms. The molecule has 1 saturated heterocycles. The molecule has 1 N–H and O–H groups in total. The number of pyridine rings is 1. The molecule has 9 heteroatoms. The van der Waals surface area contributed by atoms with Crippen LogP contribution in [0.25, 0.3) is 0 Å². The fourth-order valence-electron chi connectivity index (χ4n) is 2.97. The third kappa shape index (κ3) is 3.84. The molecule has 1 aromatic carbocycles. The number of nitrogens with one attached hydrogen (secondary N) is 1. The number of methoxy groups -OCH3 is 1. The maximum Gasteiger partial charge on any atom is 0.286 e. The van der Waals surface area contributed by atoms with Crippen molar-refractivity contribution in [3.05, 3.63) is 52.8 Å². The largest absolute Gasteiger partial charge is 0.489 e.